The summed E-state index contributed by atoms with van der Waals surface area (Å²) in [7, 11) is -3.68. The SMILES string of the molecule is O=C(c1ccc(S(=O)(=O)NCc2ccco2)cc1)N1CCC(O)CC1. The van der Waals surface area contributed by atoms with Crippen molar-refractivity contribution in [2.24, 2.45) is 0 Å². The van der Waals surface area contributed by atoms with Crippen LogP contribution < -0.4 is 4.72 Å². The lowest BCUT2D eigenvalue weighted by Gasteiger charge is -2.29. The van der Waals surface area contributed by atoms with E-state index in [0.29, 0.717) is 37.3 Å². The van der Waals surface area contributed by atoms with Gasteiger partial charge in [0.1, 0.15) is 5.76 Å². The number of hydrogen-bond acceptors (Lipinski definition) is 5. The largest absolute Gasteiger partial charge is 0.468 e. The summed E-state index contributed by atoms with van der Waals surface area (Å²) in [4.78, 5) is 14.2. The molecule has 0 aliphatic carbocycles. The Morgan fingerprint density at radius 3 is 2.48 bits per heavy atom. The summed E-state index contributed by atoms with van der Waals surface area (Å²) in [5.41, 5.74) is 0.432. The molecule has 8 heteroatoms. The minimum atomic E-state index is -3.68. The van der Waals surface area contributed by atoms with Crippen molar-refractivity contribution in [1.82, 2.24) is 9.62 Å². The molecule has 0 unspecified atom stereocenters. The van der Waals surface area contributed by atoms with Crippen LogP contribution in [-0.4, -0.2) is 43.5 Å². The summed E-state index contributed by atoms with van der Waals surface area (Å²) < 4.78 is 32.1. The molecule has 1 aliphatic rings. The number of carbonyl (C=O) groups excluding carboxylic acids is 1. The number of benzene rings is 1. The second-order valence-corrected chi connectivity index (χ2v) is 7.72. The van der Waals surface area contributed by atoms with Crippen molar-refractivity contribution in [3.05, 3.63) is 54.0 Å². The van der Waals surface area contributed by atoms with Gasteiger partial charge in [-0.3, -0.25) is 4.79 Å². The van der Waals surface area contributed by atoms with Crippen LogP contribution in [0.2, 0.25) is 0 Å². The number of nitrogens with zero attached hydrogens (tertiary/aromatic N) is 1. The minimum absolute atomic E-state index is 0.0616. The monoisotopic (exact) mass is 364 g/mol. The van der Waals surface area contributed by atoms with Gasteiger partial charge in [0.25, 0.3) is 5.91 Å². The average Bonchev–Trinajstić information content (AvgIpc) is 3.14. The zero-order valence-corrected chi connectivity index (χ0v) is 14.4. The highest BCUT2D eigenvalue weighted by Gasteiger charge is 2.23. The Kier molecular flexibility index (Phi) is 5.22. The number of nitrogens with one attached hydrogen (secondary N) is 1. The highest BCUT2D eigenvalue weighted by atomic mass is 32.2. The molecule has 1 aromatic carbocycles. The standard InChI is InChI=1S/C17H20N2O5S/c20-14-7-9-19(10-8-14)17(21)13-3-5-16(6-4-13)25(22,23)18-12-15-2-1-11-24-15/h1-6,11,14,18,20H,7-10,12H2. The number of furan rings is 1. The van der Waals surface area contributed by atoms with Crippen molar-refractivity contribution in [2.75, 3.05) is 13.1 Å². The smallest absolute Gasteiger partial charge is 0.253 e. The van der Waals surface area contributed by atoms with Crippen LogP contribution in [0.4, 0.5) is 0 Å². The molecule has 1 aromatic heterocycles. The van der Waals surface area contributed by atoms with Crippen LogP contribution in [0.1, 0.15) is 29.0 Å². The molecule has 2 heterocycles. The average molecular weight is 364 g/mol. The molecule has 2 N–H and O–H groups in total. The number of hydrogen-bond donors (Lipinski definition) is 2. The van der Waals surface area contributed by atoms with E-state index >= 15 is 0 Å². The third-order valence-electron chi connectivity index (χ3n) is 4.18. The van der Waals surface area contributed by atoms with E-state index in [0.717, 1.165) is 0 Å². The molecule has 7 nitrogen and oxygen atoms in total. The molecular weight excluding hydrogens is 344 g/mol. The Morgan fingerprint density at radius 1 is 1.20 bits per heavy atom. The number of likely N-dealkylation sites (tertiary alicyclic amines) is 1. The Bertz CT molecular complexity index is 807. The number of rotatable bonds is 5. The second kappa shape index (κ2) is 7.38. The number of aliphatic hydroxyl groups is 1. The first-order valence-corrected chi connectivity index (χ1v) is 9.53. The molecule has 25 heavy (non-hydrogen) atoms. The van der Waals surface area contributed by atoms with Gasteiger partial charge < -0.3 is 14.4 Å². The van der Waals surface area contributed by atoms with Gasteiger partial charge in [-0.05, 0) is 49.2 Å². The number of carbonyl (C=O) groups is 1. The first-order chi connectivity index (χ1) is 12.0. The quantitative estimate of drug-likeness (QED) is 0.834. The fourth-order valence-corrected chi connectivity index (χ4v) is 3.68. The van der Waals surface area contributed by atoms with E-state index in [4.69, 9.17) is 4.42 Å². The van der Waals surface area contributed by atoms with Gasteiger partial charge in [0.2, 0.25) is 10.0 Å². The van der Waals surface area contributed by atoms with Crippen molar-refractivity contribution in [3.8, 4) is 0 Å². The molecule has 0 saturated carbocycles. The molecule has 1 saturated heterocycles. The van der Waals surface area contributed by atoms with E-state index in [9.17, 15) is 18.3 Å². The molecule has 0 spiro atoms. The summed E-state index contributed by atoms with van der Waals surface area (Å²) in [5, 5.41) is 9.51. The second-order valence-electron chi connectivity index (χ2n) is 5.95. The molecule has 3 rings (SSSR count). The van der Waals surface area contributed by atoms with Crippen molar-refractivity contribution in [1.29, 1.82) is 0 Å². The first-order valence-electron chi connectivity index (χ1n) is 8.05. The number of aliphatic hydroxyl groups excluding tert-OH is 1. The molecule has 0 atom stereocenters. The van der Waals surface area contributed by atoms with Crippen LogP contribution >= 0.6 is 0 Å². The lowest BCUT2D eigenvalue weighted by atomic mass is 10.1. The van der Waals surface area contributed by atoms with Crippen molar-refractivity contribution in [2.45, 2.75) is 30.4 Å². The lowest BCUT2D eigenvalue weighted by Crippen LogP contribution is -2.40. The summed E-state index contributed by atoms with van der Waals surface area (Å²) in [6, 6.07) is 9.21. The Balaban J connectivity index is 1.65. The van der Waals surface area contributed by atoms with Crippen molar-refractivity contribution < 1.29 is 22.7 Å². The maximum Gasteiger partial charge on any atom is 0.253 e. The minimum Gasteiger partial charge on any atom is -0.468 e. The fourth-order valence-electron chi connectivity index (χ4n) is 2.69. The van der Waals surface area contributed by atoms with Gasteiger partial charge in [-0.2, -0.15) is 0 Å². The van der Waals surface area contributed by atoms with Gasteiger partial charge >= 0.3 is 0 Å². The molecule has 134 valence electrons. The van der Waals surface area contributed by atoms with Gasteiger partial charge in [0.05, 0.1) is 23.8 Å². The van der Waals surface area contributed by atoms with Crippen LogP contribution in [-0.2, 0) is 16.6 Å². The zero-order valence-electron chi connectivity index (χ0n) is 13.6. The van der Waals surface area contributed by atoms with E-state index < -0.39 is 10.0 Å². The van der Waals surface area contributed by atoms with E-state index in [-0.39, 0.29) is 23.5 Å². The molecule has 0 radical (unpaired) electrons. The van der Waals surface area contributed by atoms with Crippen LogP contribution in [0.5, 0.6) is 0 Å². The Morgan fingerprint density at radius 2 is 1.88 bits per heavy atom. The summed E-state index contributed by atoms with van der Waals surface area (Å²) >= 11 is 0. The van der Waals surface area contributed by atoms with Crippen LogP contribution in [0.3, 0.4) is 0 Å². The van der Waals surface area contributed by atoms with Crippen molar-refractivity contribution in [3.63, 3.8) is 0 Å². The number of piperidine rings is 1. The Labute approximate surface area is 146 Å². The molecule has 0 bridgehead atoms. The molecule has 1 fully saturated rings. The third-order valence-corrected chi connectivity index (χ3v) is 5.60. The fraction of sp³-hybridized carbons (Fsp3) is 0.353. The van der Waals surface area contributed by atoms with Crippen LogP contribution in [0.15, 0.2) is 52.0 Å². The summed E-state index contributed by atoms with van der Waals surface area (Å²) in [6.07, 6.45) is 2.25. The van der Waals surface area contributed by atoms with E-state index in [1.54, 1.807) is 17.0 Å². The van der Waals surface area contributed by atoms with Gasteiger partial charge in [-0.15, -0.1) is 0 Å². The highest BCUT2D eigenvalue weighted by Crippen LogP contribution is 2.16. The van der Waals surface area contributed by atoms with Gasteiger partial charge in [0, 0.05) is 18.7 Å². The van der Waals surface area contributed by atoms with E-state index in [1.165, 1.54) is 30.5 Å². The van der Waals surface area contributed by atoms with Crippen molar-refractivity contribution >= 4 is 15.9 Å². The summed E-state index contributed by atoms with van der Waals surface area (Å²) in [6.45, 7) is 1.07. The van der Waals surface area contributed by atoms with Gasteiger partial charge in [0.15, 0.2) is 0 Å². The predicted molar refractivity (Wildman–Crippen MR) is 90.3 cm³/mol. The van der Waals surface area contributed by atoms with Gasteiger partial charge in [-0.1, -0.05) is 0 Å². The molecule has 2 aromatic rings. The molecular formula is C17H20N2O5S. The number of sulfonamides is 1. The number of amides is 1. The summed E-state index contributed by atoms with van der Waals surface area (Å²) in [5.74, 6) is 0.363. The maximum atomic E-state index is 12.4. The zero-order chi connectivity index (χ0) is 17.9. The maximum absolute atomic E-state index is 12.4. The first kappa shape index (κ1) is 17.7. The topological polar surface area (TPSA) is 99.8 Å². The third kappa shape index (κ3) is 4.28. The Hall–Kier alpha value is -2.16. The highest BCUT2D eigenvalue weighted by molar-refractivity contribution is 7.89. The van der Waals surface area contributed by atoms with Crippen LogP contribution in [0, 0.1) is 0 Å². The normalized spacial score (nSPS) is 16.1. The predicted octanol–water partition coefficient (Wildman–Crippen LogP) is 1.36. The molecule has 1 aliphatic heterocycles. The van der Waals surface area contributed by atoms with Gasteiger partial charge in [-0.25, -0.2) is 13.1 Å². The van der Waals surface area contributed by atoms with Crippen LogP contribution in [0.25, 0.3) is 0 Å². The molecule has 1 amide bonds. The van der Waals surface area contributed by atoms with E-state index in [1.807, 2.05) is 0 Å². The van der Waals surface area contributed by atoms with E-state index in [2.05, 4.69) is 4.72 Å². The lowest BCUT2D eigenvalue weighted by molar-refractivity contribution is 0.0546.